The van der Waals surface area contributed by atoms with Crippen molar-refractivity contribution in [1.82, 2.24) is 4.31 Å². The van der Waals surface area contributed by atoms with Crippen molar-refractivity contribution in [1.29, 1.82) is 0 Å². The van der Waals surface area contributed by atoms with E-state index >= 15 is 0 Å². The molecule has 0 spiro atoms. The number of nitrogens with zero attached hydrogens (tertiary/aromatic N) is 1. The number of ether oxygens (including phenoxy) is 1. The molecule has 2 N–H and O–H groups in total. The minimum Gasteiger partial charge on any atom is -0.495 e. The second-order valence-electron chi connectivity index (χ2n) is 4.37. The van der Waals surface area contributed by atoms with E-state index in [0.29, 0.717) is 16.7 Å². The first-order valence-corrected chi connectivity index (χ1v) is 9.09. The van der Waals surface area contributed by atoms with Gasteiger partial charge in [0.05, 0.1) is 7.11 Å². The minimum absolute atomic E-state index is 0.0600. The summed E-state index contributed by atoms with van der Waals surface area (Å²) in [7, 11) is -0.722. The first kappa shape index (κ1) is 16.3. The number of halogens is 1. The summed E-state index contributed by atoms with van der Waals surface area (Å²) in [6.45, 7) is 0.305. The number of anilines is 1. The summed E-state index contributed by atoms with van der Waals surface area (Å²) in [5, 5.41) is 1.91. The number of sulfonamides is 1. The zero-order chi connectivity index (χ0) is 15.6. The van der Waals surface area contributed by atoms with Crippen molar-refractivity contribution in [2.75, 3.05) is 19.9 Å². The maximum absolute atomic E-state index is 12.7. The normalized spacial score (nSPS) is 11.8. The maximum Gasteiger partial charge on any atom is 0.246 e. The lowest BCUT2D eigenvalue weighted by Crippen LogP contribution is -2.26. The van der Waals surface area contributed by atoms with Crippen molar-refractivity contribution in [3.63, 3.8) is 0 Å². The van der Waals surface area contributed by atoms with Crippen molar-refractivity contribution in [3.8, 4) is 5.75 Å². The zero-order valence-corrected chi connectivity index (χ0v) is 14.8. The van der Waals surface area contributed by atoms with Crippen LogP contribution in [0.3, 0.4) is 0 Å². The molecule has 0 aliphatic rings. The Morgan fingerprint density at radius 1 is 1.43 bits per heavy atom. The van der Waals surface area contributed by atoms with E-state index < -0.39 is 10.0 Å². The van der Waals surface area contributed by atoms with Gasteiger partial charge in [-0.25, -0.2) is 8.42 Å². The van der Waals surface area contributed by atoms with Crippen LogP contribution in [-0.2, 0) is 16.6 Å². The monoisotopic (exact) mass is 390 g/mol. The molecule has 5 nitrogen and oxygen atoms in total. The van der Waals surface area contributed by atoms with Gasteiger partial charge in [-0.05, 0) is 39.5 Å². The van der Waals surface area contributed by atoms with Gasteiger partial charge in [0.25, 0.3) is 0 Å². The van der Waals surface area contributed by atoms with Crippen LogP contribution in [0.2, 0.25) is 0 Å². The SMILES string of the molecule is COc1cc(Br)c(N)cc1S(=O)(=O)N(C)Cc1cccs1. The molecule has 0 saturated carbocycles. The summed E-state index contributed by atoms with van der Waals surface area (Å²) in [5.74, 6) is 0.258. The number of rotatable bonds is 5. The minimum atomic E-state index is -3.68. The molecule has 1 aromatic carbocycles. The second-order valence-corrected chi connectivity index (χ2v) is 8.26. The third-order valence-corrected chi connectivity index (χ3v) is 6.30. The van der Waals surface area contributed by atoms with Gasteiger partial charge in [-0.3, -0.25) is 0 Å². The lowest BCUT2D eigenvalue weighted by Gasteiger charge is -2.19. The average Bonchev–Trinajstić information content (AvgIpc) is 2.94. The quantitative estimate of drug-likeness (QED) is 0.796. The summed E-state index contributed by atoms with van der Waals surface area (Å²) in [4.78, 5) is 1.02. The standard InChI is InChI=1S/C13H15BrN2O3S2/c1-16(8-9-4-3-5-20-9)21(17,18)13-7-11(15)10(14)6-12(13)19-2/h3-7H,8,15H2,1-2H3. The fourth-order valence-corrected chi connectivity index (χ4v) is 4.27. The Morgan fingerprint density at radius 2 is 2.14 bits per heavy atom. The number of benzene rings is 1. The Labute approximate surface area is 136 Å². The van der Waals surface area contributed by atoms with Crippen molar-refractivity contribution >= 4 is 43.0 Å². The highest BCUT2D eigenvalue weighted by Crippen LogP contribution is 2.34. The highest BCUT2D eigenvalue weighted by atomic mass is 79.9. The predicted molar refractivity (Wildman–Crippen MR) is 88.1 cm³/mol. The van der Waals surface area contributed by atoms with Crippen LogP contribution in [0.5, 0.6) is 5.75 Å². The number of hydrogen-bond acceptors (Lipinski definition) is 5. The molecular formula is C13H15BrN2O3S2. The Hall–Kier alpha value is -1.09. The summed E-state index contributed by atoms with van der Waals surface area (Å²) in [6, 6.07) is 6.74. The maximum atomic E-state index is 12.7. The molecule has 114 valence electrons. The Morgan fingerprint density at radius 3 is 2.71 bits per heavy atom. The van der Waals surface area contributed by atoms with Gasteiger partial charge in [0.1, 0.15) is 10.6 Å². The van der Waals surface area contributed by atoms with E-state index in [2.05, 4.69) is 15.9 Å². The second kappa shape index (κ2) is 6.35. The summed E-state index contributed by atoms with van der Waals surface area (Å²) in [5.41, 5.74) is 6.14. The van der Waals surface area contributed by atoms with Crippen molar-refractivity contribution in [2.24, 2.45) is 0 Å². The molecule has 8 heteroatoms. The van der Waals surface area contributed by atoms with Crippen LogP contribution < -0.4 is 10.5 Å². The molecule has 0 aliphatic carbocycles. The highest BCUT2D eigenvalue weighted by molar-refractivity contribution is 9.10. The largest absolute Gasteiger partial charge is 0.495 e. The van der Waals surface area contributed by atoms with Gasteiger partial charge in [-0.15, -0.1) is 11.3 Å². The molecule has 21 heavy (non-hydrogen) atoms. The number of nitrogen functional groups attached to an aromatic ring is 1. The van der Waals surface area contributed by atoms with Gasteiger partial charge in [-0.2, -0.15) is 4.31 Å². The number of thiophene rings is 1. The molecule has 1 aromatic heterocycles. The predicted octanol–water partition coefficient (Wildman–Crippen LogP) is 2.92. The topological polar surface area (TPSA) is 72.6 Å². The van der Waals surface area contributed by atoms with Crippen LogP contribution in [0.25, 0.3) is 0 Å². The third-order valence-electron chi connectivity index (χ3n) is 2.93. The van der Waals surface area contributed by atoms with Crippen molar-refractivity contribution < 1.29 is 13.2 Å². The average molecular weight is 391 g/mol. The molecule has 0 unspecified atom stereocenters. The number of methoxy groups -OCH3 is 1. The zero-order valence-electron chi connectivity index (χ0n) is 11.5. The molecule has 0 atom stereocenters. The fraction of sp³-hybridized carbons (Fsp3) is 0.231. The molecule has 0 aliphatic heterocycles. The van der Waals surface area contributed by atoms with E-state index in [-0.39, 0.29) is 10.6 Å². The number of hydrogen-bond donors (Lipinski definition) is 1. The Kier molecular flexibility index (Phi) is 4.92. The smallest absolute Gasteiger partial charge is 0.246 e. The van der Waals surface area contributed by atoms with Crippen LogP contribution in [0.1, 0.15) is 4.88 Å². The van der Waals surface area contributed by atoms with E-state index in [0.717, 1.165) is 4.88 Å². The lowest BCUT2D eigenvalue weighted by atomic mass is 10.3. The lowest BCUT2D eigenvalue weighted by molar-refractivity contribution is 0.397. The molecule has 2 rings (SSSR count). The van der Waals surface area contributed by atoms with Crippen LogP contribution in [0.15, 0.2) is 39.0 Å². The van der Waals surface area contributed by atoms with Crippen molar-refractivity contribution in [2.45, 2.75) is 11.4 Å². The Bertz CT molecular complexity index is 730. The van der Waals surface area contributed by atoms with E-state index in [1.54, 1.807) is 6.07 Å². The van der Waals surface area contributed by atoms with E-state index in [4.69, 9.17) is 10.5 Å². The van der Waals surface area contributed by atoms with E-state index in [1.165, 1.54) is 35.9 Å². The molecule has 1 heterocycles. The van der Waals surface area contributed by atoms with E-state index in [9.17, 15) is 8.42 Å². The molecule has 0 saturated heterocycles. The molecule has 0 bridgehead atoms. The van der Waals surface area contributed by atoms with Gasteiger partial charge in [-0.1, -0.05) is 6.07 Å². The third kappa shape index (κ3) is 3.39. The van der Waals surface area contributed by atoms with Gasteiger partial charge in [0, 0.05) is 28.6 Å². The molecule has 2 aromatic rings. The van der Waals surface area contributed by atoms with Crippen molar-refractivity contribution in [3.05, 3.63) is 39.0 Å². The molecule has 0 radical (unpaired) electrons. The fourth-order valence-electron chi connectivity index (χ4n) is 1.79. The molecular weight excluding hydrogens is 376 g/mol. The summed E-state index contributed by atoms with van der Waals surface area (Å²) in [6.07, 6.45) is 0. The summed E-state index contributed by atoms with van der Waals surface area (Å²) >= 11 is 4.77. The van der Waals surface area contributed by atoms with Crippen LogP contribution in [0.4, 0.5) is 5.69 Å². The molecule has 0 fully saturated rings. The van der Waals surface area contributed by atoms with Gasteiger partial charge in [0.2, 0.25) is 10.0 Å². The van der Waals surface area contributed by atoms with Crippen LogP contribution in [0, 0.1) is 0 Å². The van der Waals surface area contributed by atoms with E-state index in [1.807, 2.05) is 17.5 Å². The molecule has 0 amide bonds. The highest BCUT2D eigenvalue weighted by Gasteiger charge is 2.26. The number of nitrogens with two attached hydrogens (primary N) is 1. The van der Waals surface area contributed by atoms with Crippen LogP contribution >= 0.6 is 27.3 Å². The van der Waals surface area contributed by atoms with Gasteiger partial charge >= 0.3 is 0 Å². The van der Waals surface area contributed by atoms with Crippen LogP contribution in [-0.4, -0.2) is 26.9 Å². The van der Waals surface area contributed by atoms with Gasteiger partial charge in [0.15, 0.2) is 0 Å². The summed E-state index contributed by atoms with van der Waals surface area (Å²) < 4.78 is 32.4. The first-order chi connectivity index (χ1) is 9.86. The van der Waals surface area contributed by atoms with Gasteiger partial charge < -0.3 is 10.5 Å². The first-order valence-electron chi connectivity index (χ1n) is 5.98. The Balaban J connectivity index is 2.41.